The van der Waals surface area contributed by atoms with E-state index in [1.165, 1.54) is 0 Å². The average molecular weight is 221 g/mol. The number of nitrogens with one attached hydrogen (secondary N) is 1. The summed E-state index contributed by atoms with van der Waals surface area (Å²) in [6.45, 7) is 1.31. The van der Waals surface area contributed by atoms with Crippen LogP contribution in [0.25, 0.3) is 0 Å². The van der Waals surface area contributed by atoms with Crippen LogP contribution in [-0.4, -0.2) is 31.8 Å². The molecule has 5 nitrogen and oxygen atoms in total. The number of benzene rings is 1. The lowest BCUT2D eigenvalue weighted by atomic mass is 10.2. The van der Waals surface area contributed by atoms with Crippen LogP contribution in [0.4, 0.5) is 5.69 Å². The van der Waals surface area contributed by atoms with Gasteiger partial charge in [0.25, 0.3) is 5.91 Å². The summed E-state index contributed by atoms with van der Waals surface area (Å²) in [4.78, 5) is 11.1. The third-order valence-corrected chi connectivity index (χ3v) is 2.43. The molecule has 0 aliphatic carbocycles. The van der Waals surface area contributed by atoms with E-state index in [2.05, 4.69) is 5.32 Å². The number of rotatable bonds is 3. The van der Waals surface area contributed by atoms with E-state index in [1.807, 2.05) is 12.1 Å². The second-order valence-corrected chi connectivity index (χ2v) is 3.74. The monoisotopic (exact) mass is 221 g/mol. The smallest absolute Gasteiger partial charge is 0.262 e. The molecule has 1 fully saturated rings. The van der Waals surface area contributed by atoms with Gasteiger partial charge in [-0.3, -0.25) is 4.79 Å². The Hall–Kier alpha value is -1.75. The van der Waals surface area contributed by atoms with Gasteiger partial charge in [0.1, 0.15) is 12.7 Å². The molecule has 1 amide bonds. The fourth-order valence-corrected chi connectivity index (χ4v) is 1.55. The van der Waals surface area contributed by atoms with Crippen LogP contribution in [0.1, 0.15) is 0 Å². The van der Waals surface area contributed by atoms with Gasteiger partial charge in [0.2, 0.25) is 0 Å². The second-order valence-electron chi connectivity index (χ2n) is 3.74. The molecular weight excluding hydrogens is 210 g/mol. The zero-order valence-corrected chi connectivity index (χ0v) is 8.56. The van der Waals surface area contributed by atoms with Crippen molar-refractivity contribution in [2.75, 3.05) is 25.1 Å². The summed E-state index contributed by atoms with van der Waals surface area (Å²) in [6, 6.07) is 5.42. The minimum absolute atomic E-state index is 0.0350. The molecule has 0 spiro atoms. The summed E-state index contributed by atoms with van der Waals surface area (Å²) in [7, 11) is 0. The zero-order valence-electron chi connectivity index (χ0n) is 8.56. The number of carbonyl (C=O) groups is 1. The normalized spacial score (nSPS) is 21.8. The molecule has 1 unspecified atom stereocenters. The molecule has 1 saturated heterocycles. The van der Waals surface area contributed by atoms with Crippen LogP contribution < -0.4 is 14.8 Å². The molecule has 1 N–H and O–H groups in total. The van der Waals surface area contributed by atoms with Crippen molar-refractivity contribution in [3.63, 3.8) is 0 Å². The van der Waals surface area contributed by atoms with Gasteiger partial charge in [-0.15, -0.1) is 0 Å². The van der Waals surface area contributed by atoms with Gasteiger partial charge in [-0.2, -0.15) is 0 Å². The van der Waals surface area contributed by atoms with Gasteiger partial charge in [0.05, 0.1) is 12.3 Å². The molecule has 84 valence electrons. The van der Waals surface area contributed by atoms with Gasteiger partial charge in [0, 0.05) is 0 Å². The van der Waals surface area contributed by atoms with Crippen LogP contribution in [0.2, 0.25) is 0 Å². The van der Waals surface area contributed by atoms with Crippen molar-refractivity contribution in [1.29, 1.82) is 0 Å². The molecule has 0 saturated carbocycles. The maximum Gasteiger partial charge on any atom is 0.262 e. The lowest BCUT2D eigenvalue weighted by Crippen LogP contribution is -2.25. The van der Waals surface area contributed by atoms with E-state index in [1.54, 1.807) is 6.07 Å². The third-order valence-electron chi connectivity index (χ3n) is 2.43. The van der Waals surface area contributed by atoms with Crippen molar-refractivity contribution < 1.29 is 19.0 Å². The van der Waals surface area contributed by atoms with E-state index in [0.717, 1.165) is 6.61 Å². The molecule has 0 radical (unpaired) electrons. The van der Waals surface area contributed by atoms with E-state index >= 15 is 0 Å². The molecule has 1 aromatic rings. The Bertz CT molecular complexity index is 428. The maximum absolute atomic E-state index is 11.1. The van der Waals surface area contributed by atoms with Gasteiger partial charge < -0.3 is 19.5 Å². The van der Waals surface area contributed by atoms with E-state index in [4.69, 9.17) is 14.2 Å². The topological polar surface area (TPSA) is 60.1 Å². The van der Waals surface area contributed by atoms with Gasteiger partial charge in [-0.25, -0.2) is 0 Å². The highest BCUT2D eigenvalue weighted by Crippen LogP contribution is 2.37. The zero-order chi connectivity index (χ0) is 11.0. The summed E-state index contributed by atoms with van der Waals surface area (Å²) in [5, 5.41) is 2.73. The van der Waals surface area contributed by atoms with Crippen molar-refractivity contribution in [1.82, 2.24) is 0 Å². The number of hydrogen-bond acceptors (Lipinski definition) is 4. The number of ether oxygens (including phenoxy) is 3. The lowest BCUT2D eigenvalue weighted by molar-refractivity contribution is -0.118. The SMILES string of the molecule is O=C1COc2c(cccc2OCC2CO2)N1. The maximum atomic E-state index is 11.1. The highest BCUT2D eigenvalue weighted by atomic mass is 16.6. The number of anilines is 1. The van der Waals surface area contributed by atoms with Crippen LogP contribution in [0, 0.1) is 0 Å². The second kappa shape index (κ2) is 3.68. The number of carbonyl (C=O) groups excluding carboxylic acids is 1. The summed E-state index contributed by atoms with van der Waals surface area (Å²) in [6.07, 6.45) is 0.203. The molecule has 0 aromatic heterocycles. The first kappa shape index (κ1) is 9.47. The van der Waals surface area contributed by atoms with E-state index < -0.39 is 0 Å². The van der Waals surface area contributed by atoms with Gasteiger partial charge in [0.15, 0.2) is 18.1 Å². The van der Waals surface area contributed by atoms with Crippen molar-refractivity contribution in [2.24, 2.45) is 0 Å². The molecule has 2 aliphatic rings. The van der Waals surface area contributed by atoms with Crippen LogP contribution in [-0.2, 0) is 9.53 Å². The number of hydrogen-bond donors (Lipinski definition) is 1. The highest BCUT2D eigenvalue weighted by molar-refractivity contribution is 5.96. The summed E-state index contributed by atoms with van der Waals surface area (Å²) >= 11 is 0. The third kappa shape index (κ3) is 1.81. The van der Waals surface area contributed by atoms with Crippen molar-refractivity contribution in [3.05, 3.63) is 18.2 Å². The quantitative estimate of drug-likeness (QED) is 0.767. The molecule has 16 heavy (non-hydrogen) atoms. The van der Waals surface area contributed by atoms with Gasteiger partial charge >= 0.3 is 0 Å². The Morgan fingerprint density at radius 1 is 1.50 bits per heavy atom. The Labute approximate surface area is 92.3 Å². The van der Waals surface area contributed by atoms with E-state index in [0.29, 0.717) is 23.8 Å². The highest BCUT2D eigenvalue weighted by Gasteiger charge is 2.25. The standard InChI is InChI=1S/C11H11NO4/c13-10-6-16-11-8(12-10)2-1-3-9(11)15-5-7-4-14-7/h1-3,7H,4-6H2,(H,12,13). The summed E-state index contributed by atoms with van der Waals surface area (Å²) in [5.74, 6) is 1.10. The Morgan fingerprint density at radius 2 is 2.38 bits per heavy atom. The summed E-state index contributed by atoms with van der Waals surface area (Å²) < 4.78 is 16.0. The first-order valence-corrected chi connectivity index (χ1v) is 5.13. The molecule has 2 aliphatic heterocycles. The van der Waals surface area contributed by atoms with Gasteiger partial charge in [-0.05, 0) is 12.1 Å². The molecule has 1 aromatic carbocycles. The van der Waals surface area contributed by atoms with Crippen LogP contribution in [0.3, 0.4) is 0 Å². The molecule has 0 bridgehead atoms. The molecule has 2 heterocycles. The largest absolute Gasteiger partial charge is 0.487 e. The lowest BCUT2D eigenvalue weighted by Gasteiger charge is -2.20. The number of para-hydroxylation sites is 1. The van der Waals surface area contributed by atoms with Crippen molar-refractivity contribution >= 4 is 11.6 Å². The van der Waals surface area contributed by atoms with Crippen LogP contribution >= 0.6 is 0 Å². The predicted octanol–water partition coefficient (Wildman–Crippen LogP) is 0.795. The number of amides is 1. The number of epoxide rings is 1. The van der Waals surface area contributed by atoms with E-state index in [9.17, 15) is 4.79 Å². The molecule has 3 rings (SSSR count). The van der Waals surface area contributed by atoms with Crippen molar-refractivity contribution in [2.45, 2.75) is 6.10 Å². The predicted molar refractivity (Wildman–Crippen MR) is 55.8 cm³/mol. The summed E-state index contributed by atoms with van der Waals surface area (Å²) in [5.41, 5.74) is 0.658. The fourth-order valence-electron chi connectivity index (χ4n) is 1.55. The minimum atomic E-state index is -0.143. The molecular formula is C11H11NO4. The first-order chi connectivity index (χ1) is 7.83. The fraction of sp³-hybridized carbons (Fsp3) is 0.364. The van der Waals surface area contributed by atoms with E-state index in [-0.39, 0.29) is 18.6 Å². The van der Waals surface area contributed by atoms with Crippen LogP contribution in [0.5, 0.6) is 11.5 Å². The van der Waals surface area contributed by atoms with Crippen molar-refractivity contribution in [3.8, 4) is 11.5 Å². The minimum Gasteiger partial charge on any atom is -0.487 e. The first-order valence-electron chi connectivity index (χ1n) is 5.13. The van der Waals surface area contributed by atoms with Gasteiger partial charge in [-0.1, -0.05) is 6.07 Å². The average Bonchev–Trinajstić information content (AvgIpc) is 3.09. The molecule has 5 heteroatoms. The Kier molecular flexibility index (Phi) is 2.18. The Balaban J connectivity index is 1.81. The number of fused-ring (bicyclic) bond motifs is 1. The molecule has 1 atom stereocenters. The van der Waals surface area contributed by atoms with Crippen LogP contribution in [0.15, 0.2) is 18.2 Å². The Morgan fingerprint density at radius 3 is 3.19 bits per heavy atom.